The Labute approximate surface area is 113 Å². The predicted molar refractivity (Wildman–Crippen MR) is 71.8 cm³/mol. The maximum atomic E-state index is 11.9. The molecule has 0 unspecified atom stereocenters. The van der Waals surface area contributed by atoms with Gasteiger partial charge in [-0.25, -0.2) is 4.98 Å². The van der Waals surface area contributed by atoms with E-state index in [2.05, 4.69) is 14.9 Å². The van der Waals surface area contributed by atoms with Crippen molar-refractivity contribution in [3.05, 3.63) is 24.3 Å². The van der Waals surface area contributed by atoms with Gasteiger partial charge in [0.25, 0.3) is 0 Å². The second-order valence-electron chi connectivity index (χ2n) is 4.47. The summed E-state index contributed by atoms with van der Waals surface area (Å²) < 4.78 is 0. The lowest BCUT2D eigenvalue weighted by Crippen LogP contribution is -2.39. The minimum absolute atomic E-state index is 0. The summed E-state index contributed by atoms with van der Waals surface area (Å²) in [5.74, 6) is 0.669. The minimum Gasteiger partial charge on any atom is -0.330 e. The summed E-state index contributed by atoms with van der Waals surface area (Å²) in [4.78, 5) is 22.0. The predicted octanol–water partition coefficient (Wildman–Crippen LogP) is 0.752. The molecule has 1 aromatic heterocycles. The van der Waals surface area contributed by atoms with Crippen LogP contribution in [0.2, 0.25) is 0 Å². The Balaban J connectivity index is 0.00000162. The van der Waals surface area contributed by atoms with Gasteiger partial charge in [0.15, 0.2) is 5.78 Å². The monoisotopic (exact) mass is 270 g/mol. The molecule has 0 radical (unpaired) electrons. The molecule has 0 aromatic carbocycles. The number of piperidine rings is 1. The third-order valence-electron chi connectivity index (χ3n) is 3.26. The molecule has 18 heavy (non-hydrogen) atoms. The van der Waals surface area contributed by atoms with E-state index in [4.69, 9.17) is 5.73 Å². The van der Waals surface area contributed by atoms with Gasteiger partial charge >= 0.3 is 0 Å². The number of nitrogens with zero attached hydrogens (tertiary/aromatic N) is 3. The molecule has 1 saturated heterocycles. The molecule has 0 aliphatic carbocycles. The normalized spacial score (nSPS) is 17.2. The number of hydrogen-bond donors (Lipinski definition) is 1. The summed E-state index contributed by atoms with van der Waals surface area (Å²) in [5, 5.41) is 0. The van der Waals surface area contributed by atoms with E-state index >= 15 is 0 Å². The van der Waals surface area contributed by atoms with Crippen molar-refractivity contribution in [2.45, 2.75) is 12.8 Å². The number of halogens is 1. The molecule has 100 valence electrons. The van der Waals surface area contributed by atoms with Crippen LogP contribution in [0.4, 0.5) is 0 Å². The molecule has 2 N–H and O–H groups in total. The molecular weight excluding hydrogens is 252 g/mol. The Bertz CT molecular complexity index is 366. The van der Waals surface area contributed by atoms with Crippen molar-refractivity contribution >= 4 is 18.2 Å². The first-order valence-corrected chi connectivity index (χ1v) is 6.01. The molecule has 5 nitrogen and oxygen atoms in total. The average molecular weight is 271 g/mol. The largest absolute Gasteiger partial charge is 0.330 e. The topological polar surface area (TPSA) is 72.1 Å². The number of carbonyl (C=O) groups is 1. The van der Waals surface area contributed by atoms with E-state index in [0.717, 1.165) is 32.5 Å². The third kappa shape index (κ3) is 4.01. The van der Waals surface area contributed by atoms with E-state index in [1.165, 1.54) is 6.20 Å². The van der Waals surface area contributed by atoms with Gasteiger partial charge in [-0.1, -0.05) is 0 Å². The molecule has 0 amide bonds. The minimum atomic E-state index is 0. The van der Waals surface area contributed by atoms with E-state index < -0.39 is 0 Å². The van der Waals surface area contributed by atoms with E-state index in [1.807, 2.05) is 0 Å². The summed E-state index contributed by atoms with van der Waals surface area (Å²) in [7, 11) is 0. The fraction of sp³-hybridized carbons (Fsp3) is 0.583. The zero-order chi connectivity index (χ0) is 12.1. The maximum Gasteiger partial charge on any atom is 0.196 e. The molecule has 1 fully saturated rings. The van der Waals surface area contributed by atoms with Crippen LogP contribution in [0.25, 0.3) is 0 Å². The lowest BCUT2D eigenvalue weighted by Gasteiger charge is -2.30. The Morgan fingerprint density at radius 3 is 2.67 bits per heavy atom. The molecule has 1 aliphatic heterocycles. The number of ketones is 1. The average Bonchev–Trinajstić information content (AvgIpc) is 2.40. The molecule has 2 rings (SSSR count). The smallest absolute Gasteiger partial charge is 0.196 e. The quantitative estimate of drug-likeness (QED) is 0.818. The number of rotatable bonds is 4. The highest BCUT2D eigenvalue weighted by Gasteiger charge is 2.20. The van der Waals surface area contributed by atoms with Gasteiger partial charge in [0.05, 0.1) is 12.7 Å². The molecule has 2 heterocycles. The highest BCUT2D eigenvalue weighted by atomic mass is 35.5. The number of carbonyl (C=O) groups excluding carboxylic acids is 1. The molecule has 0 bridgehead atoms. The SMILES string of the molecule is Cl.NCC1CCN(CC(=O)c2cnccn2)CC1. The Kier molecular flexibility index (Phi) is 6.18. The zero-order valence-corrected chi connectivity index (χ0v) is 11.1. The Hall–Kier alpha value is -1.04. The van der Waals surface area contributed by atoms with Gasteiger partial charge in [0.1, 0.15) is 5.69 Å². The summed E-state index contributed by atoms with van der Waals surface area (Å²) in [6, 6.07) is 0. The maximum absolute atomic E-state index is 11.9. The molecule has 1 aliphatic rings. The Morgan fingerprint density at radius 1 is 1.39 bits per heavy atom. The van der Waals surface area contributed by atoms with Crippen LogP contribution in [0, 0.1) is 5.92 Å². The molecule has 1 aromatic rings. The van der Waals surface area contributed by atoms with Crippen LogP contribution < -0.4 is 5.73 Å². The van der Waals surface area contributed by atoms with Crippen LogP contribution in [0.1, 0.15) is 23.3 Å². The number of hydrogen-bond acceptors (Lipinski definition) is 5. The van der Waals surface area contributed by atoms with Crippen molar-refractivity contribution in [3.63, 3.8) is 0 Å². The van der Waals surface area contributed by atoms with Crippen LogP contribution in [-0.2, 0) is 0 Å². The lowest BCUT2D eigenvalue weighted by atomic mass is 9.97. The van der Waals surface area contributed by atoms with Gasteiger partial charge in [0, 0.05) is 12.4 Å². The standard InChI is InChI=1S/C12H18N4O.ClH/c13-7-10-1-5-16(6-2-10)9-12(17)11-8-14-3-4-15-11;/h3-4,8,10H,1-2,5-7,9,13H2;1H. The summed E-state index contributed by atoms with van der Waals surface area (Å²) in [5.41, 5.74) is 6.09. The first-order valence-electron chi connectivity index (χ1n) is 6.01. The highest BCUT2D eigenvalue weighted by Crippen LogP contribution is 2.15. The number of aromatic nitrogens is 2. The van der Waals surface area contributed by atoms with E-state index in [-0.39, 0.29) is 18.2 Å². The second-order valence-corrected chi connectivity index (χ2v) is 4.47. The summed E-state index contributed by atoms with van der Waals surface area (Å²) in [6.45, 7) is 3.10. The number of nitrogens with two attached hydrogens (primary N) is 1. The van der Waals surface area contributed by atoms with Gasteiger partial charge in [0.2, 0.25) is 0 Å². The fourth-order valence-electron chi connectivity index (χ4n) is 2.11. The first-order chi connectivity index (χ1) is 8.29. The zero-order valence-electron chi connectivity index (χ0n) is 10.3. The Morgan fingerprint density at radius 2 is 2.11 bits per heavy atom. The van der Waals surface area contributed by atoms with E-state index in [0.29, 0.717) is 18.2 Å². The van der Waals surface area contributed by atoms with Gasteiger partial charge in [-0.05, 0) is 38.4 Å². The van der Waals surface area contributed by atoms with Gasteiger partial charge in [-0.2, -0.15) is 0 Å². The molecule has 0 atom stereocenters. The molecular formula is C12H19ClN4O. The van der Waals surface area contributed by atoms with Crippen molar-refractivity contribution in [2.75, 3.05) is 26.2 Å². The highest BCUT2D eigenvalue weighted by molar-refractivity contribution is 5.95. The van der Waals surface area contributed by atoms with Gasteiger partial charge in [-0.15, -0.1) is 12.4 Å². The summed E-state index contributed by atoms with van der Waals surface area (Å²) >= 11 is 0. The lowest BCUT2D eigenvalue weighted by molar-refractivity contribution is 0.0892. The van der Waals surface area contributed by atoms with Crippen LogP contribution in [0.3, 0.4) is 0 Å². The summed E-state index contributed by atoms with van der Waals surface area (Å²) in [6.07, 6.45) is 6.82. The number of likely N-dealkylation sites (tertiary alicyclic amines) is 1. The molecule has 0 spiro atoms. The van der Waals surface area contributed by atoms with Crippen molar-refractivity contribution < 1.29 is 4.79 Å². The third-order valence-corrected chi connectivity index (χ3v) is 3.26. The van der Waals surface area contributed by atoms with Crippen molar-refractivity contribution in [1.82, 2.24) is 14.9 Å². The van der Waals surface area contributed by atoms with Crippen LogP contribution in [0.5, 0.6) is 0 Å². The van der Waals surface area contributed by atoms with Crippen LogP contribution in [0.15, 0.2) is 18.6 Å². The second kappa shape index (κ2) is 7.41. The first kappa shape index (κ1) is 15.0. The van der Waals surface area contributed by atoms with Crippen LogP contribution in [-0.4, -0.2) is 46.8 Å². The number of Topliss-reactive ketones (excluding diaryl/α,β-unsaturated/α-hetero) is 1. The molecule has 0 saturated carbocycles. The van der Waals surface area contributed by atoms with Crippen molar-refractivity contribution in [1.29, 1.82) is 0 Å². The van der Waals surface area contributed by atoms with Gasteiger partial charge < -0.3 is 5.73 Å². The van der Waals surface area contributed by atoms with E-state index in [1.54, 1.807) is 12.4 Å². The van der Waals surface area contributed by atoms with Crippen molar-refractivity contribution in [2.24, 2.45) is 11.7 Å². The fourth-order valence-corrected chi connectivity index (χ4v) is 2.11. The van der Waals surface area contributed by atoms with Crippen molar-refractivity contribution in [3.8, 4) is 0 Å². The van der Waals surface area contributed by atoms with Gasteiger partial charge in [-0.3, -0.25) is 14.7 Å². The van der Waals surface area contributed by atoms with Crippen LogP contribution >= 0.6 is 12.4 Å². The molecule has 6 heteroatoms. The van der Waals surface area contributed by atoms with E-state index in [9.17, 15) is 4.79 Å².